The lowest BCUT2D eigenvalue weighted by atomic mass is 10.1. The lowest BCUT2D eigenvalue weighted by Crippen LogP contribution is -2.32. The first-order chi connectivity index (χ1) is 15.6. The molecule has 8 heteroatoms. The summed E-state index contributed by atoms with van der Waals surface area (Å²) in [5.41, 5.74) is 4.86. The fourth-order valence-corrected chi connectivity index (χ4v) is 4.18. The fourth-order valence-electron chi connectivity index (χ4n) is 3.69. The Morgan fingerprint density at radius 2 is 1.70 bits per heavy atom. The van der Waals surface area contributed by atoms with E-state index < -0.39 is 0 Å². The van der Waals surface area contributed by atoms with Crippen LogP contribution in [0.3, 0.4) is 0 Å². The second kappa shape index (κ2) is 10.4. The minimum atomic E-state index is -0.0475. The molecule has 33 heavy (non-hydrogen) atoms. The number of likely N-dealkylation sites (N-methyl/N-ethyl adjacent to an activating group) is 1. The Kier molecular flexibility index (Phi) is 7.82. The number of benzene rings is 2. The summed E-state index contributed by atoms with van der Waals surface area (Å²) in [4.78, 5) is 28.6. The number of nitrogens with zero attached hydrogens (tertiary/aromatic N) is 4. The molecule has 0 saturated carbocycles. The van der Waals surface area contributed by atoms with Crippen molar-refractivity contribution in [3.8, 4) is 5.69 Å². The average Bonchev–Trinajstić information content (AvgIpc) is 3.05. The maximum Gasteiger partial charge on any atom is 0.253 e. The quantitative estimate of drug-likeness (QED) is 0.467. The zero-order valence-corrected chi connectivity index (χ0v) is 21.0. The topological polar surface area (TPSA) is 58.4 Å². The first kappa shape index (κ1) is 24.8. The number of aryl methyl sites for hydroxylation is 1. The van der Waals surface area contributed by atoms with E-state index in [4.69, 9.17) is 23.2 Å². The van der Waals surface area contributed by atoms with Crippen LogP contribution in [0.4, 0.5) is 0 Å². The third-order valence-electron chi connectivity index (χ3n) is 5.62. The summed E-state index contributed by atoms with van der Waals surface area (Å²) in [6, 6.07) is 12.6. The van der Waals surface area contributed by atoms with Gasteiger partial charge in [0.1, 0.15) is 0 Å². The third kappa shape index (κ3) is 5.57. The lowest BCUT2D eigenvalue weighted by Gasteiger charge is -2.21. The highest BCUT2D eigenvalue weighted by Crippen LogP contribution is 2.27. The van der Waals surface area contributed by atoms with E-state index in [0.717, 1.165) is 28.2 Å². The molecule has 0 spiro atoms. The van der Waals surface area contributed by atoms with E-state index in [1.54, 1.807) is 52.8 Å². The molecule has 0 aliphatic rings. The maximum absolute atomic E-state index is 13.2. The van der Waals surface area contributed by atoms with Crippen LogP contribution in [0.1, 0.15) is 39.8 Å². The normalized spacial score (nSPS) is 10.9. The van der Waals surface area contributed by atoms with Gasteiger partial charge in [-0.25, -0.2) is 4.68 Å². The van der Waals surface area contributed by atoms with Crippen LogP contribution in [0.25, 0.3) is 5.69 Å². The molecule has 2 aromatic carbocycles. The minimum absolute atomic E-state index is 0.0129. The number of hydrogen-bond donors (Lipinski definition) is 0. The summed E-state index contributed by atoms with van der Waals surface area (Å²) >= 11 is 12.4. The van der Waals surface area contributed by atoms with Crippen LogP contribution < -0.4 is 0 Å². The highest BCUT2D eigenvalue weighted by atomic mass is 35.5. The molecule has 0 radical (unpaired) electrons. The zero-order chi connectivity index (χ0) is 24.3. The largest absolute Gasteiger partial charge is 0.345 e. The van der Waals surface area contributed by atoms with Gasteiger partial charge in [-0.05, 0) is 56.7 Å². The molecule has 1 heterocycles. The summed E-state index contributed by atoms with van der Waals surface area (Å²) in [7, 11) is 3.45. The second-order valence-corrected chi connectivity index (χ2v) is 8.98. The molecule has 174 valence electrons. The van der Waals surface area contributed by atoms with Crippen molar-refractivity contribution in [3.05, 3.63) is 80.6 Å². The maximum atomic E-state index is 13.2. The molecule has 0 atom stereocenters. The van der Waals surface area contributed by atoms with E-state index in [1.807, 2.05) is 39.0 Å². The molecule has 0 saturated heterocycles. The van der Waals surface area contributed by atoms with Gasteiger partial charge in [-0.1, -0.05) is 35.3 Å². The van der Waals surface area contributed by atoms with Gasteiger partial charge in [0.15, 0.2) is 0 Å². The molecule has 3 aromatic rings. The number of rotatable bonds is 7. The molecule has 0 bridgehead atoms. The first-order valence-corrected chi connectivity index (χ1v) is 11.5. The van der Waals surface area contributed by atoms with Crippen molar-refractivity contribution in [1.82, 2.24) is 19.6 Å². The smallest absolute Gasteiger partial charge is 0.253 e. The van der Waals surface area contributed by atoms with E-state index in [1.165, 1.54) is 0 Å². The fraction of sp³-hybridized carbons (Fsp3) is 0.320. The van der Waals surface area contributed by atoms with Crippen LogP contribution in [-0.2, 0) is 17.8 Å². The molecular weight excluding hydrogens is 459 g/mol. The number of hydrogen-bond acceptors (Lipinski definition) is 3. The van der Waals surface area contributed by atoms with Crippen LogP contribution in [0, 0.1) is 13.8 Å². The second-order valence-electron chi connectivity index (χ2n) is 8.14. The van der Waals surface area contributed by atoms with Gasteiger partial charge >= 0.3 is 0 Å². The van der Waals surface area contributed by atoms with Gasteiger partial charge in [0.05, 0.1) is 22.8 Å². The van der Waals surface area contributed by atoms with Crippen molar-refractivity contribution < 1.29 is 9.59 Å². The van der Waals surface area contributed by atoms with Crippen LogP contribution in [0.15, 0.2) is 42.5 Å². The highest BCUT2D eigenvalue weighted by molar-refractivity contribution is 6.35. The standard InChI is InChI=1S/C25H28Cl2N4O2/c1-6-30(15-18-7-9-19(10-8-18)25(33)29(4)5)24(32)14-21-16(2)28-31(17(21)3)23-12-11-20(26)13-22(23)27/h7-13H,6,14-15H2,1-5H3. The van der Waals surface area contributed by atoms with Gasteiger partial charge in [0.25, 0.3) is 5.91 Å². The molecule has 2 amide bonds. The van der Waals surface area contributed by atoms with Gasteiger partial charge in [0, 0.05) is 49.0 Å². The van der Waals surface area contributed by atoms with Crippen molar-refractivity contribution in [3.63, 3.8) is 0 Å². The Labute approximate surface area is 204 Å². The van der Waals surface area contributed by atoms with Crippen molar-refractivity contribution >= 4 is 35.0 Å². The monoisotopic (exact) mass is 486 g/mol. The van der Waals surface area contributed by atoms with Crippen LogP contribution >= 0.6 is 23.2 Å². The minimum Gasteiger partial charge on any atom is -0.345 e. The number of halogens is 2. The van der Waals surface area contributed by atoms with E-state index in [9.17, 15) is 9.59 Å². The van der Waals surface area contributed by atoms with Gasteiger partial charge in [0.2, 0.25) is 5.91 Å². The highest BCUT2D eigenvalue weighted by Gasteiger charge is 2.20. The SMILES string of the molecule is CCN(Cc1ccc(C(=O)N(C)C)cc1)C(=O)Cc1c(C)nn(-c2ccc(Cl)cc2Cl)c1C. The van der Waals surface area contributed by atoms with Gasteiger partial charge in [-0.15, -0.1) is 0 Å². The Balaban J connectivity index is 1.77. The lowest BCUT2D eigenvalue weighted by molar-refractivity contribution is -0.130. The Morgan fingerprint density at radius 1 is 1.03 bits per heavy atom. The van der Waals surface area contributed by atoms with Crippen LogP contribution in [0.2, 0.25) is 10.0 Å². The van der Waals surface area contributed by atoms with Gasteiger partial charge in [-0.2, -0.15) is 5.10 Å². The zero-order valence-electron chi connectivity index (χ0n) is 19.5. The van der Waals surface area contributed by atoms with Crippen molar-refractivity contribution in [2.24, 2.45) is 0 Å². The van der Waals surface area contributed by atoms with Crippen molar-refractivity contribution in [2.45, 2.75) is 33.7 Å². The summed E-state index contributed by atoms with van der Waals surface area (Å²) in [5.74, 6) is -0.0346. The summed E-state index contributed by atoms with van der Waals surface area (Å²) < 4.78 is 1.76. The molecular formula is C25H28Cl2N4O2. The molecule has 3 rings (SSSR count). The third-order valence-corrected chi connectivity index (χ3v) is 6.16. The van der Waals surface area contributed by atoms with Crippen molar-refractivity contribution in [1.29, 1.82) is 0 Å². The Hall–Kier alpha value is -2.83. The summed E-state index contributed by atoms with van der Waals surface area (Å²) in [6.45, 7) is 6.84. The molecule has 6 nitrogen and oxygen atoms in total. The van der Waals surface area contributed by atoms with Gasteiger partial charge in [-0.3, -0.25) is 9.59 Å². The predicted molar refractivity (Wildman–Crippen MR) is 132 cm³/mol. The van der Waals surface area contributed by atoms with E-state index in [0.29, 0.717) is 28.7 Å². The van der Waals surface area contributed by atoms with Crippen LogP contribution in [-0.4, -0.2) is 52.0 Å². The molecule has 0 unspecified atom stereocenters. The van der Waals surface area contributed by atoms with Crippen LogP contribution in [0.5, 0.6) is 0 Å². The van der Waals surface area contributed by atoms with Crippen molar-refractivity contribution in [2.75, 3.05) is 20.6 Å². The van der Waals surface area contributed by atoms with E-state index in [2.05, 4.69) is 5.10 Å². The van der Waals surface area contributed by atoms with E-state index in [-0.39, 0.29) is 18.2 Å². The number of aromatic nitrogens is 2. The molecule has 1 aromatic heterocycles. The first-order valence-electron chi connectivity index (χ1n) is 10.7. The summed E-state index contributed by atoms with van der Waals surface area (Å²) in [6.07, 6.45) is 0.244. The summed E-state index contributed by atoms with van der Waals surface area (Å²) in [5, 5.41) is 5.67. The molecule has 0 N–H and O–H groups in total. The number of carbonyl (C=O) groups excluding carboxylic acids is 2. The molecule has 0 fully saturated rings. The number of carbonyl (C=O) groups is 2. The molecule has 0 aliphatic carbocycles. The number of amides is 2. The molecule has 0 aliphatic heterocycles. The van der Waals surface area contributed by atoms with E-state index >= 15 is 0 Å². The Morgan fingerprint density at radius 3 is 2.27 bits per heavy atom. The average molecular weight is 487 g/mol. The Bertz CT molecular complexity index is 1170. The van der Waals surface area contributed by atoms with Gasteiger partial charge < -0.3 is 9.80 Å². The predicted octanol–water partition coefficient (Wildman–Crippen LogP) is 5.09.